The van der Waals surface area contributed by atoms with Gasteiger partial charge in [-0.15, -0.1) is 0 Å². The van der Waals surface area contributed by atoms with E-state index in [1.165, 1.54) is 19.3 Å². The van der Waals surface area contributed by atoms with Crippen LogP contribution >= 0.6 is 0 Å². The van der Waals surface area contributed by atoms with Crippen LogP contribution in [0.2, 0.25) is 0 Å². The van der Waals surface area contributed by atoms with Gasteiger partial charge in [-0.05, 0) is 43.4 Å². The molecule has 2 rings (SSSR count). The molecule has 0 spiro atoms. The fourth-order valence-corrected chi connectivity index (χ4v) is 3.01. The predicted molar refractivity (Wildman–Crippen MR) is 71.1 cm³/mol. The fourth-order valence-electron chi connectivity index (χ4n) is 3.01. The maximum Gasteiger partial charge on any atom is 0.237 e. The SMILES string of the molecule is CCC1(CNC(=O)C(N)C2CCOCC2)CCC1. The molecule has 1 aliphatic heterocycles. The highest BCUT2D eigenvalue weighted by atomic mass is 16.5. The predicted octanol–water partition coefficient (Wildman–Crippen LogP) is 1.44. The number of nitrogens with two attached hydrogens (primary N) is 1. The van der Waals surface area contributed by atoms with Crippen LogP contribution in [-0.4, -0.2) is 31.7 Å². The Morgan fingerprint density at radius 2 is 2.11 bits per heavy atom. The number of ether oxygens (including phenoxy) is 1. The number of nitrogens with one attached hydrogen (secondary N) is 1. The van der Waals surface area contributed by atoms with Crippen molar-refractivity contribution >= 4 is 5.91 Å². The minimum absolute atomic E-state index is 0.0293. The summed E-state index contributed by atoms with van der Waals surface area (Å²) in [7, 11) is 0. The lowest BCUT2D eigenvalue weighted by Gasteiger charge is -2.41. The Hall–Kier alpha value is -0.610. The van der Waals surface area contributed by atoms with Crippen LogP contribution in [0.5, 0.6) is 0 Å². The summed E-state index contributed by atoms with van der Waals surface area (Å²) in [4.78, 5) is 12.1. The standard InChI is InChI=1S/C14H26N2O2/c1-2-14(6-3-7-14)10-16-13(17)12(15)11-4-8-18-9-5-11/h11-12H,2-10,15H2,1H3,(H,16,17). The molecule has 0 aromatic carbocycles. The first-order chi connectivity index (χ1) is 8.67. The van der Waals surface area contributed by atoms with Crippen LogP contribution in [0, 0.1) is 11.3 Å². The van der Waals surface area contributed by atoms with E-state index in [0.29, 0.717) is 5.41 Å². The van der Waals surface area contributed by atoms with Crippen molar-refractivity contribution in [3.63, 3.8) is 0 Å². The molecule has 1 atom stereocenters. The number of hydrogen-bond donors (Lipinski definition) is 2. The van der Waals surface area contributed by atoms with Crippen LogP contribution in [0.1, 0.15) is 45.4 Å². The van der Waals surface area contributed by atoms with Crippen molar-refractivity contribution < 1.29 is 9.53 Å². The van der Waals surface area contributed by atoms with Gasteiger partial charge in [-0.2, -0.15) is 0 Å². The molecule has 4 nitrogen and oxygen atoms in total. The van der Waals surface area contributed by atoms with Crippen LogP contribution in [0.25, 0.3) is 0 Å². The Labute approximate surface area is 110 Å². The van der Waals surface area contributed by atoms with Crippen LogP contribution in [0.15, 0.2) is 0 Å². The van der Waals surface area contributed by atoms with E-state index in [-0.39, 0.29) is 17.9 Å². The minimum atomic E-state index is -0.358. The Morgan fingerprint density at radius 1 is 1.44 bits per heavy atom. The summed E-state index contributed by atoms with van der Waals surface area (Å²) in [5, 5.41) is 3.07. The van der Waals surface area contributed by atoms with Gasteiger partial charge in [-0.25, -0.2) is 0 Å². The van der Waals surface area contributed by atoms with Gasteiger partial charge in [0.15, 0.2) is 0 Å². The molecule has 1 aliphatic carbocycles. The molecule has 0 aromatic rings. The zero-order valence-corrected chi connectivity index (χ0v) is 11.4. The number of rotatable bonds is 5. The molecule has 1 heterocycles. The highest BCUT2D eigenvalue weighted by Crippen LogP contribution is 2.43. The maximum atomic E-state index is 12.1. The van der Waals surface area contributed by atoms with Gasteiger partial charge < -0.3 is 15.8 Å². The molecule has 1 unspecified atom stereocenters. The smallest absolute Gasteiger partial charge is 0.237 e. The first kappa shape index (κ1) is 13.8. The maximum absolute atomic E-state index is 12.1. The van der Waals surface area contributed by atoms with Crippen molar-refractivity contribution in [2.75, 3.05) is 19.8 Å². The van der Waals surface area contributed by atoms with Crippen molar-refractivity contribution in [3.8, 4) is 0 Å². The highest BCUT2D eigenvalue weighted by Gasteiger charge is 2.36. The van der Waals surface area contributed by atoms with Gasteiger partial charge >= 0.3 is 0 Å². The van der Waals surface area contributed by atoms with Gasteiger partial charge in [-0.1, -0.05) is 13.3 Å². The van der Waals surface area contributed by atoms with Gasteiger partial charge in [0.2, 0.25) is 5.91 Å². The van der Waals surface area contributed by atoms with E-state index in [9.17, 15) is 4.79 Å². The zero-order chi connectivity index (χ0) is 13.0. The largest absolute Gasteiger partial charge is 0.381 e. The van der Waals surface area contributed by atoms with Crippen LogP contribution in [-0.2, 0) is 9.53 Å². The molecule has 2 fully saturated rings. The molecule has 4 heteroatoms. The summed E-state index contributed by atoms with van der Waals surface area (Å²) >= 11 is 0. The van der Waals surface area contributed by atoms with E-state index >= 15 is 0 Å². The van der Waals surface area contributed by atoms with Crippen LogP contribution < -0.4 is 11.1 Å². The normalized spacial score (nSPS) is 25.2. The Balaban J connectivity index is 1.76. The monoisotopic (exact) mass is 254 g/mol. The Bertz CT molecular complexity index is 278. The average molecular weight is 254 g/mol. The van der Waals surface area contributed by atoms with Gasteiger partial charge in [0.05, 0.1) is 6.04 Å². The molecule has 104 valence electrons. The van der Waals surface area contributed by atoms with Gasteiger partial charge in [0, 0.05) is 19.8 Å². The first-order valence-corrected chi connectivity index (χ1v) is 7.28. The molecule has 0 radical (unpaired) electrons. The summed E-state index contributed by atoms with van der Waals surface area (Å²) < 4.78 is 5.30. The second kappa shape index (κ2) is 6.02. The van der Waals surface area contributed by atoms with Crippen LogP contribution in [0.4, 0.5) is 0 Å². The van der Waals surface area contributed by atoms with E-state index < -0.39 is 0 Å². The van der Waals surface area contributed by atoms with E-state index in [1.807, 2.05) is 0 Å². The quantitative estimate of drug-likeness (QED) is 0.780. The van der Waals surface area contributed by atoms with Crippen LogP contribution in [0.3, 0.4) is 0 Å². The van der Waals surface area contributed by atoms with Crippen molar-refractivity contribution in [3.05, 3.63) is 0 Å². The molecular formula is C14H26N2O2. The molecule has 0 aromatic heterocycles. The molecule has 18 heavy (non-hydrogen) atoms. The van der Waals surface area contributed by atoms with Gasteiger partial charge in [-0.3, -0.25) is 4.79 Å². The summed E-state index contributed by atoms with van der Waals surface area (Å²) in [6.45, 7) is 4.50. The summed E-state index contributed by atoms with van der Waals surface area (Å²) in [6.07, 6.45) is 6.77. The van der Waals surface area contributed by atoms with E-state index in [0.717, 1.165) is 39.0 Å². The van der Waals surface area contributed by atoms with Crippen molar-refractivity contribution in [1.29, 1.82) is 0 Å². The third kappa shape index (κ3) is 3.04. The molecule has 0 bridgehead atoms. The molecule has 1 amide bonds. The van der Waals surface area contributed by atoms with Crippen molar-refractivity contribution in [1.82, 2.24) is 5.32 Å². The molecule has 1 saturated carbocycles. The lowest BCUT2D eigenvalue weighted by molar-refractivity contribution is -0.125. The Morgan fingerprint density at radius 3 is 2.61 bits per heavy atom. The first-order valence-electron chi connectivity index (χ1n) is 7.28. The number of hydrogen-bond acceptors (Lipinski definition) is 3. The number of carbonyl (C=O) groups is 1. The lowest BCUT2D eigenvalue weighted by Crippen LogP contribution is -2.50. The van der Waals surface area contributed by atoms with E-state index in [1.54, 1.807) is 0 Å². The lowest BCUT2D eigenvalue weighted by atomic mass is 9.67. The third-order valence-corrected chi connectivity index (χ3v) is 4.88. The van der Waals surface area contributed by atoms with Gasteiger partial charge in [0.25, 0.3) is 0 Å². The fraction of sp³-hybridized carbons (Fsp3) is 0.929. The zero-order valence-electron chi connectivity index (χ0n) is 11.4. The molecule has 3 N–H and O–H groups in total. The van der Waals surface area contributed by atoms with Crippen molar-refractivity contribution in [2.45, 2.75) is 51.5 Å². The molecule has 1 saturated heterocycles. The highest BCUT2D eigenvalue weighted by molar-refractivity contribution is 5.81. The summed E-state index contributed by atoms with van der Waals surface area (Å²) in [5.41, 5.74) is 6.42. The number of carbonyl (C=O) groups excluding carboxylic acids is 1. The number of amides is 1. The Kier molecular flexibility index (Phi) is 4.62. The topological polar surface area (TPSA) is 64.4 Å². The molecular weight excluding hydrogens is 228 g/mol. The van der Waals surface area contributed by atoms with Crippen molar-refractivity contribution in [2.24, 2.45) is 17.1 Å². The summed E-state index contributed by atoms with van der Waals surface area (Å²) in [6, 6.07) is -0.358. The second-order valence-corrected chi connectivity index (χ2v) is 5.90. The second-order valence-electron chi connectivity index (χ2n) is 5.90. The van der Waals surface area contributed by atoms with E-state index in [4.69, 9.17) is 10.5 Å². The average Bonchev–Trinajstić information content (AvgIpc) is 2.38. The minimum Gasteiger partial charge on any atom is -0.381 e. The molecule has 2 aliphatic rings. The van der Waals surface area contributed by atoms with E-state index in [2.05, 4.69) is 12.2 Å². The van der Waals surface area contributed by atoms with Gasteiger partial charge in [0.1, 0.15) is 0 Å². The third-order valence-electron chi connectivity index (χ3n) is 4.88. The summed E-state index contributed by atoms with van der Waals surface area (Å²) in [5.74, 6) is 0.319.